The summed E-state index contributed by atoms with van der Waals surface area (Å²) >= 11 is 5.77. The molecule has 0 aliphatic rings. The lowest BCUT2D eigenvalue weighted by atomic mass is 10.3. The Kier molecular flexibility index (Phi) is 3.83. The number of nitrogens with two attached hydrogens (primary N) is 1. The van der Waals surface area contributed by atoms with Crippen molar-refractivity contribution in [2.45, 2.75) is 24.8 Å². The number of halogens is 1. The molecule has 16 heavy (non-hydrogen) atoms. The highest BCUT2D eigenvalue weighted by atomic mass is 35.5. The lowest BCUT2D eigenvalue weighted by Gasteiger charge is -2.21. The molecule has 4 nitrogen and oxygen atoms in total. The molecule has 0 aromatic heterocycles. The second-order valence-electron chi connectivity index (χ2n) is 3.80. The van der Waals surface area contributed by atoms with E-state index in [9.17, 15) is 8.42 Å². The fourth-order valence-electron chi connectivity index (χ4n) is 1.16. The second kappa shape index (κ2) is 4.61. The first-order chi connectivity index (χ1) is 7.26. The Morgan fingerprint density at radius 3 is 2.44 bits per heavy atom. The van der Waals surface area contributed by atoms with Crippen LogP contribution in [0.25, 0.3) is 0 Å². The third kappa shape index (κ3) is 2.48. The summed E-state index contributed by atoms with van der Waals surface area (Å²) in [6.45, 7) is 3.58. The average molecular weight is 263 g/mol. The van der Waals surface area contributed by atoms with E-state index in [-0.39, 0.29) is 16.6 Å². The molecule has 1 aromatic carbocycles. The molecule has 0 heterocycles. The van der Waals surface area contributed by atoms with Crippen LogP contribution in [0.4, 0.5) is 5.69 Å². The number of rotatable bonds is 3. The Morgan fingerprint density at radius 2 is 1.94 bits per heavy atom. The number of sulfonamides is 1. The molecule has 2 N–H and O–H groups in total. The third-order valence-electron chi connectivity index (χ3n) is 2.36. The Bertz CT molecular complexity index is 486. The molecule has 90 valence electrons. The SMILES string of the molecule is CC(C)N(C)S(=O)(=O)c1cc(Cl)ccc1N. The van der Waals surface area contributed by atoms with Crippen LogP contribution in [0.5, 0.6) is 0 Å². The maximum Gasteiger partial charge on any atom is 0.245 e. The lowest BCUT2D eigenvalue weighted by molar-refractivity contribution is 0.411. The van der Waals surface area contributed by atoms with Gasteiger partial charge in [0.1, 0.15) is 4.90 Å². The molecule has 0 radical (unpaired) electrons. The lowest BCUT2D eigenvalue weighted by Crippen LogP contribution is -2.33. The Labute approximate surface area is 101 Å². The van der Waals surface area contributed by atoms with Crippen LogP contribution in [-0.4, -0.2) is 25.8 Å². The number of hydrogen-bond donors (Lipinski definition) is 1. The van der Waals surface area contributed by atoms with Crippen LogP contribution < -0.4 is 5.73 Å². The summed E-state index contributed by atoms with van der Waals surface area (Å²) in [5.74, 6) is 0. The van der Waals surface area contributed by atoms with Gasteiger partial charge in [0.15, 0.2) is 0 Å². The van der Waals surface area contributed by atoms with E-state index in [4.69, 9.17) is 17.3 Å². The van der Waals surface area contributed by atoms with Crippen LogP contribution in [0.1, 0.15) is 13.8 Å². The summed E-state index contributed by atoms with van der Waals surface area (Å²) in [4.78, 5) is 0.0520. The van der Waals surface area contributed by atoms with Gasteiger partial charge < -0.3 is 5.73 Å². The van der Waals surface area contributed by atoms with Gasteiger partial charge in [-0.1, -0.05) is 11.6 Å². The van der Waals surface area contributed by atoms with Crippen molar-refractivity contribution < 1.29 is 8.42 Å². The molecule has 0 saturated heterocycles. The van der Waals surface area contributed by atoms with Crippen LogP contribution in [-0.2, 0) is 10.0 Å². The summed E-state index contributed by atoms with van der Waals surface area (Å²) < 4.78 is 25.5. The van der Waals surface area contributed by atoms with Gasteiger partial charge >= 0.3 is 0 Å². The first-order valence-corrected chi connectivity index (χ1v) is 6.61. The van der Waals surface area contributed by atoms with E-state index in [2.05, 4.69) is 0 Å². The molecule has 0 amide bonds. The topological polar surface area (TPSA) is 63.4 Å². The highest BCUT2D eigenvalue weighted by Crippen LogP contribution is 2.25. The maximum absolute atomic E-state index is 12.1. The standard InChI is InChI=1S/C10H15ClN2O2S/c1-7(2)13(3)16(14,15)10-6-8(11)4-5-9(10)12/h4-7H,12H2,1-3H3. The van der Waals surface area contributed by atoms with Crippen LogP contribution in [0.15, 0.2) is 23.1 Å². The molecule has 1 rings (SSSR count). The van der Waals surface area contributed by atoms with Crippen LogP contribution in [0.3, 0.4) is 0 Å². The van der Waals surface area contributed by atoms with Crippen molar-refractivity contribution in [2.24, 2.45) is 0 Å². The zero-order valence-corrected chi connectivity index (χ0v) is 11.0. The van der Waals surface area contributed by atoms with Crippen molar-refractivity contribution in [2.75, 3.05) is 12.8 Å². The highest BCUT2D eigenvalue weighted by Gasteiger charge is 2.25. The summed E-state index contributed by atoms with van der Waals surface area (Å²) in [7, 11) is -2.05. The van der Waals surface area contributed by atoms with Crippen molar-refractivity contribution in [1.29, 1.82) is 0 Å². The number of anilines is 1. The smallest absolute Gasteiger partial charge is 0.245 e. The Morgan fingerprint density at radius 1 is 1.38 bits per heavy atom. The second-order valence-corrected chi connectivity index (χ2v) is 6.20. The minimum Gasteiger partial charge on any atom is -0.398 e. The van der Waals surface area contributed by atoms with Gasteiger partial charge in [0.25, 0.3) is 0 Å². The predicted molar refractivity (Wildman–Crippen MR) is 65.9 cm³/mol. The molecule has 0 bridgehead atoms. The Hall–Kier alpha value is -0.780. The van der Waals surface area contributed by atoms with Gasteiger partial charge in [0, 0.05) is 18.1 Å². The minimum absolute atomic E-state index is 0.0520. The van der Waals surface area contributed by atoms with Crippen LogP contribution in [0, 0.1) is 0 Å². The molecule has 0 fully saturated rings. The van der Waals surface area contributed by atoms with E-state index in [1.165, 1.54) is 23.5 Å². The van der Waals surface area contributed by atoms with E-state index in [1.807, 2.05) is 0 Å². The van der Waals surface area contributed by atoms with Gasteiger partial charge in [-0.05, 0) is 32.0 Å². The zero-order chi connectivity index (χ0) is 12.5. The normalized spacial score (nSPS) is 12.4. The molecule has 0 spiro atoms. The van der Waals surface area contributed by atoms with E-state index < -0.39 is 10.0 Å². The van der Waals surface area contributed by atoms with Crippen LogP contribution >= 0.6 is 11.6 Å². The average Bonchev–Trinajstić information content (AvgIpc) is 2.20. The van der Waals surface area contributed by atoms with Gasteiger partial charge in [-0.15, -0.1) is 0 Å². The van der Waals surface area contributed by atoms with Gasteiger partial charge in [0.2, 0.25) is 10.0 Å². The molecule has 0 atom stereocenters. The molecule has 0 aliphatic heterocycles. The van der Waals surface area contributed by atoms with E-state index in [0.29, 0.717) is 5.02 Å². The summed E-state index contributed by atoms with van der Waals surface area (Å²) in [6.07, 6.45) is 0. The van der Waals surface area contributed by atoms with E-state index in [1.54, 1.807) is 19.9 Å². The number of hydrogen-bond acceptors (Lipinski definition) is 3. The molecule has 0 unspecified atom stereocenters. The first kappa shape index (κ1) is 13.3. The van der Waals surface area contributed by atoms with Gasteiger partial charge in [-0.2, -0.15) is 4.31 Å². The molecule has 0 saturated carbocycles. The van der Waals surface area contributed by atoms with Crippen molar-refractivity contribution in [1.82, 2.24) is 4.31 Å². The van der Waals surface area contributed by atoms with Gasteiger partial charge in [-0.3, -0.25) is 0 Å². The van der Waals surface area contributed by atoms with Crippen molar-refractivity contribution in [3.63, 3.8) is 0 Å². The maximum atomic E-state index is 12.1. The molecule has 6 heteroatoms. The third-order valence-corrected chi connectivity index (χ3v) is 4.68. The molecular weight excluding hydrogens is 248 g/mol. The fourth-order valence-corrected chi connectivity index (χ4v) is 2.91. The van der Waals surface area contributed by atoms with Crippen molar-refractivity contribution in [3.05, 3.63) is 23.2 Å². The van der Waals surface area contributed by atoms with Gasteiger partial charge in [-0.25, -0.2) is 8.42 Å². The fraction of sp³-hybridized carbons (Fsp3) is 0.400. The van der Waals surface area contributed by atoms with E-state index >= 15 is 0 Å². The van der Waals surface area contributed by atoms with Crippen LogP contribution in [0.2, 0.25) is 5.02 Å². The van der Waals surface area contributed by atoms with Crippen molar-refractivity contribution >= 4 is 27.3 Å². The number of benzene rings is 1. The van der Waals surface area contributed by atoms with Gasteiger partial charge in [0.05, 0.1) is 5.69 Å². The molecule has 1 aromatic rings. The molecular formula is C10H15ClN2O2S. The summed E-state index contributed by atoms with van der Waals surface area (Å²) in [6, 6.07) is 4.28. The monoisotopic (exact) mass is 262 g/mol. The Balaban J connectivity index is 3.32. The zero-order valence-electron chi connectivity index (χ0n) is 9.44. The molecule has 0 aliphatic carbocycles. The highest BCUT2D eigenvalue weighted by molar-refractivity contribution is 7.89. The summed E-state index contributed by atoms with van der Waals surface area (Å²) in [5, 5.41) is 0.352. The minimum atomic E-state index is -3.57. The van der Waals surface area contributed by atoms with E-state index in [0.717, 1.165) is 0 Å². The quantitative estimate of drug-likeness (QED) is 0.847. The van der Waals surface area contributed by atoms with Crippen molar-refractivity contribution in [3.8, 4) is 0 Å². The number of nitrogen functional groups attached to an aromatic ring is 1. The number of nitrogens with zero attached hydrogens (tertiary/aromatic N) is 1. The summed E-state index contributed by atoms with van der Waals surface area (Å²) in [5.41, 5.74) is 5.85. The first-order valence-electron chi connectivity index (χ1n) is 4.80. The largest absolute Gasteiger partial charge is 0.398 e. The predicted octanol–water partition coefficient (Wildman–Crippen LogP) is 1.95.